The molecule has 4 saturated heterocycles. The van der Waals surface area contributed by atoms with Crippen molar-refractivity contribution in [3.8, 4) is 0 Å². The standard InChI is InChI=1S/C23H28F4N4O.C15H12F5N3.C11H12F3N.C4HF3N2/c1-15(13-16-8-11-32-12-9-16)30-21-20(24)22(29-14-28-21)31-10-2-3-19(31)17-4-6-18(7-5-17)23(25,26)27;16-12-13(17)21-8-22-14(12)23-7-1-2-11(23)9-3-5-10(6-4-9)15(18,19)20;12-11(13,14)9-5-3-8(4-6-9)10-2-1-7-15-10;5-2-3(6)8-1-9-4(2)7/h4-7,14-16,19H,2-3,8-13H2,1H3,(H,28,29,30);3-6,8,11H,1-2,7H2;3-6,10,15H,1-2,7H2;1H. The number of hydrogen-bond donors (Lipinski definition) is 2. The fourth-order valence-electron chi connectivity index (χ4n) is 9.70. The van der Waals surface area contributed by atoms with E-state index in [1.165, 1.54) is 30.6 Å². The topological polar surface area (TPSA) is 117 Å². The largest absolute Gasteiger partial charge is 0.416 e. The van der Waals surface area contributed by atoms with Gasteiger partial charge in [-0.15, -0.1) is 0 Å². The first kappa shape index (κ1) is 59.8. The minimum Gasteiger partial charge on any atom is -0.381 e. The number of benzene rings is 3. The van der Waals surface area contributed by atoms with Crippen LogP contribution in [-0.2, 0) is 23.3 Å². The van der Waals surface area contributed by atoms with Gasteiger partial charge in [0.15, 0.2) is 17.5 Å². The monoisotopic (exact) mass is 1130 g/mol. The van der Waals surface area contributed by atoms with E-state index in [4.69, 9.17) is 4.74 Å². The van der Waals surface area contributed by atoms with Gasteiger partial charge in [-0.2, -0.15) is 65.9 Å². The highest BCUT2D eigenvalue weighted by Crippen LogP contribution is 2.41. The van der Waals surface area contributed by atoms with Gasteiger partial charge in [-0.1, -0.05) is 36.4 Å². The SMILES string of the molecule is CC(CC1CCOCC1)Nc1ncnc(N2CCCC2c2ccc(C(F)(F)F)cc2)c1F.FC(F)(F)c1ccc(C2CCCN2)cc1.Fc1ncnc(F)c1F.Fc1ncnc(N2CCCC2c2ccc(C(F)(F)F)cc2)c1F. The molecule has 6 aromatic rings. The van der Waals surface area contributed by atoms with E-state index in [1.807, 2.05) is 11.8 Å². The zero-order chi connectivity index (χ0) is 57.1. The van der Waals surface area contributed by atoms with Gasteiger partial charge in [0.2, 0.25) is 17.5 Å². The molecule has 4 aliphatic rings. The lowest BCUT2D eigenvalue weighted by molar-refractivity contribution is -0.138. The summed E-state index contributed by atoms with van der Waals surface area (Å²) < 4.78 is 197. The van der Waals surface area contributed by atoms with E-state index in [-0.39, 0.29) is 41.6 Å². The van der Waals surface area contributed by atoms with E-state index in [0.29, 0.717) is 43.7 Å². The molecule has 0 saturated carbocycles. The number of nitrogens with one attached hydrogen (secondary N) is 2. The molecule has 10 rings (SSSR count). The second-order valence-corrected chi connectivity index (χ2v) is 19.0. The molecule has 0 spiro atoms. The molecule has 0 bridgehead atoms. The van der Waals surface area contributed by atoms with Gasteiger partial charge in [0.1, 0.15) is 19.0 Å². The van der Waals surface area contributed by atoms with Crippen molar-refractivity contribution in [2.75, 3.05) is 48.0 Å². The number of ether oxygens (including phenoxy) is 1. The van der Waals surface area contributed by atoms with Crippen molar-refractivity contribution in [1.29, 1.82) is 0 Å². The molecule has 0 amide bonds. The van der Waals surface area contributed by atoms with E-state index < -0.39 is 70.5 Å². The Morgan fingerprint density at radius 1 is 0.519 bits per heavy atom. The van der Waals surface area contributed by atoms with Crippen LogP contribution in [0.3, 0.4) is 0 Å². The first-order chi connectivity index (χ1) is 37.5. The Balaban J connectivity index is 0.000000167. The minimum atomic E-state index is -4.41. The number of aromatic nitrogens is 6. The molecular formula is C53H53F15N10O. The molecule has 79 heavy (non-hydrogen) atoms. The van der Waals surface area contributed by atoms with Crippen molar-refractivity contribution >= 4 is 17.5 Å². The average Bonchev–Trinajstić information content (AvgIpc) is 4.32. The second kappa shape index (κ2) is 26.4. The van der Waals surface area contributed by atoms with Crippen LogP contribution in [0.2, 0.25) is 0 Å². The predicted octanol–water partition coefficient (Wildman–Crippen LogP) is 13.7. The summed E-state index contributed by atoms with van der Waals surface area (Å²) >= 11 is 0. The first-order valence-electron chi connectivity index (χ1n) is 25.1. The minimum absolute atomic E-state index is 0.0413. The van der Waals surface area contributed by atoms with Crippen LogP contribution < -0.4 is 20.4 Å². The fraction of sp³-hybridized carbons (Fsp3) is 0.434. The molecule has 3 aromatic carbocycles. The lowest BCUT2D eigenvalue weighted by Gasteiger charge is -2.28. The number of alkyl halides is 9. The van der Waals surface area contributed by atoms with Crippen molar-refractivity contribution in [2.24, 2.45) is 5.92 Å². The van der Waals surface area contributed by atoms with Crippen LogP contribution in [0.5, 0.6) is 0 Å². The van der Waals surface area contributed by atoms with E-state index in [0.717, 1.165) is 119 Å². The summed E-state index contributed by atoms with van der Waals surface area (Å²) in [4.78, 5) is 24.1. The second-order valence-electron chi connectivity index (χ2n) is 19.0. The Morgan fingerprint density at radius 2 is 0.937 bits per heavy atom. The van der Waals surface area contributed by atoms with Gasteiger partial charge in [-0.3, -0.25) is 0 Å². The van der Waals surface area contributed by atoms with Crippen molar-refractivity contribution in [3.05, 3.63) is 160 Å². The van der Waals surface area contributed by atoms with E-state index in [1.54, 1.807) is 17.0 Å². The van der Waals surface area contributed by atoms with Gasteiger partial charge in [-0.05, 0) is 130 Å². The zero-order valence-corrected chi connectivity index (χ0v) is 42.1. The summed E-state index contributed by atoms with van der Waals surface area (Å²) in [6.07, 6.45) is -2.29. The maximum Gasteiger partial charge on any atom is 0.416 e. The number of nitrogens with zero attached hydrogens (tertiary/aromatic N) is 8. The van der Waals surface area contributed by atoms with Crippen LogP contribution >= 0.6 is 0 Å². The van der Waals surface area contributed by atoms with Crippen LogP contribution in [0.1, 0.15) is 116 Å². The van der Waals surface area contributed by atoms with Gasteiger partial charge in [0, 0.05) is 38.4 Å². The molecule has 4 fully saturated rings. The highest BCUT2D eigenvalue weighted by atomic mass is 19.4. The molecule has 3 aromatic heterocycles. The molecule has 26 heteroatoms. The fourth-order valence-corrected chi connectivity index (χ4v) is 9.70. The van der Waals surface area contributed by atoms with Gasteiger partial charge >= 0.3 is 18.5 Å². The normalized spacial score (nSPS) is 19.2. The molecule has 4 atom stereocenters. The molecule has 0 radical (unpaired) electrons. The van der Waals surface area contributed by atoms with Crippen molar-refractivity contribution in [1.82, 2.24) is 35.2 Å². The van der Waals surface area contributed by atoms with Crippen LogP contribution in [0.15, 0.2) is 91.8 Å². The molecule has 11 nitrogen and oxygen atoms in total. The van der Waals surface area contributed by atoms with Gasteiger partial charge in [0.25, 0.3) is 17.8 Å². The highest BCUT2D eigenvalue weighted by molar-refractivity contribution is 5.54. The molecular weight excluding hydrogens is 1080 g/mol. The predicted molar refractivity (Wildman–Crippen MR) is 260 cm³/mol. The van der Waals surface area contributed by atoms with Gasteiger partial charge < -0.3 is 25.2 Å². The zero-order valence-electron chi connectivity index (χ0n) is 42.1. The van der Waals surface area contributed by atoms with Crippen LogP contribution in [0.4, 0.5) is 83.3 Å². The van der Waals surface area contributed by atoms with Gasteiger partial charge in [-0.25, -0.2) is 29.9 Å². The van der Waals surface area contributed by atoms with E-state index in [2.05, 4.69) is 40.5 Å². The van der Waals surface area contributed by atoms with Gasteiger partial charge in [0.05, 0.1) is 28.8 Å². The lowest BCUT2D eigenvalue weighted by Crippen LogP contribution is -2.27. The summed E-state index contributed by atoms with van der Waals surface area (Å²) in [5.74, 6) is -6.78. The maximum atomic E-state index is 15.4. The Kier molecular flexibility index (Phi) is 20.0. The summed E-state index contributed by atoms with van der Waals surface area (Å²) in [5.41, 5.74) is 0.253. The average molecular weight is 1130 g/mol. The lowest BCUT2D eigenvalue weighted by atomic mass is 9.93. The third kappa shape index (κ3) is 15.9. The third-order valence-electron chi connectivity index (χ3n) is 13.6. The molecule has 7 heterocycles. The first-order valence-corrected chi connectivity index (χ1v) is 25.1. The number of anilines is 3. The molecule has 4 aliphatic heterocycles. The van der Waals surface area contributed by atoms with Crippen LogP contribution in [-0.4, -0.2) is 68.8 Å². The Hall–Kier alpha value is -6.83. The molecule has 2 N–H and O–H groups in total. The van der Waals surface area contributed by atoms with Crippen molar-refractivity contribution in [3.63, 3.8) is 0 Å². The summed E-state index contributed by atoms with van der Waals surface area (Å²) in [7, 11) is 0. The number of rotatable bonds is 9. The summed E-state index contributed by atoms with van der Waals surface area (Å²) in [6, 6.07) is 14.9. The molecule has 4 unspecified atom stereocenters. The molecule has 426 valence electrons. The Labute approximate surface area is 444 Å². The third-order valence-corrected chi connectivity index (χ3v) is 13.6. The number of halogens is 15. The molecule has 0 aliphatic carbocycles. The van der Waals surface area contributed by atoms with Crippen LogP contribution in [0, 0.1) is 41.2 Å². The van der Waals surface area contributed by atoms with E-state index in [9.17, 15) is 61.5 Å². The van der Waals surface area contributed by atoms with Crippen LogP contribution in [0.25, 0.3) is 0 Å². The number of hydrogen-bond acceptors (Lipinski definition) is 11. The van der Waals surface area contributed by atoms with Crippen molar-refractivity contribution in [2.45, 2.75) is 107 Å². The Bertz CT molecular complexity index is 2860. The Morgan fingerprint density at radius 3 is 1.37 bits per heavy atom. The van der Waals surface area contributed by atoms with Crippen molar-refractivity contribution < 1.29 is 70.6 Å². The summed E-state index contributed by atoms with van der Waals surface area (Å²) in [6.45, 7) is 5.52. The quantitative estimate of drug-likeness (QED) is 0.106. The van der Waals surface area contributed by atoms with E-state index >= 15 is 4.39 Å². The highest BCUT2D eigenvalue weighted by Gasteiger charge is 2.36. The summed E-state index contributed by atoms with van der Waals surface area (Å²) in [5, 5.41) is 6.43. The smallest absolute Gasteiger partial charge is 0.381 e. The maximum absolute atomic E-state index is 15.4.